The Morgan fingerprint density at radius 1 is 1.22 bits per heavy atom. The molecule has 0 saturated carbocycles. The molecule has 0 spiro atoms. The van der Waals surface area contributed by atoms with Crippen LogP contribution in [0.3, 0.4) is 0 Å². The first-order valence-corrected chi connectivity index (χ1v) is 7.16. The Balaban J connectivity index is 2.36. The summed E-state index contributed by atoms with van der Waals surface area (Å²) in [6.07, 6.45) is 0. The zero-order valence-electron chi connectivity index (χ0n) is 13.2. The lowest BCUT2D eigenvalue weighted by atomic mass is 10.0. The summed E-state index contributed by atoms with van der Waals surface area (Å²) in [5.41, 5.74) is 8.88. The molecule has 0 aliphatic carbocycles. The van der Waals surface area contributed by atoms with E-state index in [1.54, 1.807) is 25.6 Å². The van der Waals surface area contributed by atoms with Gasteiger partial charge in [0.15, 0.2) is 0 Å². The Kier molecular flexibility index (Phi) is 3.56. The van der Waals surface area contributed by atoms with Crippen molar-refractivity contribution in [2.45, 2.75) is 6.92 Å². The Morgan fingerprint density at radius 2 is 1.87 bits per heavy atom. The van der Waals surface area contributed by atoms with Crippen LogP contribution in [0.2, 0.25) is 0 Å². The summed E-state index contributed by atoms with van der Waals surface area (Å²) in [7, 11) is 3.36. The fraction of sp³-hybridized carbons (Fsp3) is 0.167. The molecule has 118 valence electrons. The van der Waals surface area contributed by atoms with Crippen LogP contribution in [0.4, 0.5) is 4.39 Å². The average Bonchev–Trinajstić information content (AvgIpc) is 2.78. The largest absolute Gasteiger partial charge is 0.497 e. The normalized spacial score (nSPS) is 11.0. The van der Waals surface area contributed by atoms with E-state index in [1.165, 1.54) is 12.1 Å². The summed E-state index contributed by atoms with van der Waals surface area (Å²) in [5.74, 6) is -0.155. The van der Waals surface area contributed by atoms with Gasteiger partial charge in [0, 0.05) is 18.0 Å². The van der Waals surface area contributed by atoms with Crippen molar-refractivity contribution < 1.29 is 13.9 Å². The van der Waals surface area contributed by atoms with Crippen LogP contribution in [0.5, 0.6) is 5.75 Å². The molecule has 1 heterocycles. The molecule has 2 N–H and O–H groups in total. The fourth-order valence-corrected chi connectivity index (χ4v) is 3.08. The van der Waals surface area contributed by atoms with Crippen LogP contribution >= 0.6 is 0 Å². The van der Waals surface area contributed by atoms with Crippen molar-refractivity contribution in [3.05, 3.63) is 53.5 Å². The van der Waals surface area contributed by atoms with E-state index in [1.807, 2.05) is 24.3 Å². The van der Waals surface area contributed by atoms with Crippen molar-refractivity contribution in [2.24, 2.45) is 12.8 Å². The van der Waals surface area contributed by atoms with Crippen molar-refractivity contribution in [1.82, 2.24) is 4.57 Å². The summed E-state index contributed by atoms with van der Waals surface area (Å²) in [6, 6.07) is 10.3. The minimum Gasteiger partial charge on any atom is -0.497 e. The second kappa shape index (κ2) is 5.43. The highest BCUT2D eigenvalue weighted by Gasteiger charge is 2.20. The lowest BCUT2D eigenvalue weighted by Crippen LogP contribution is -2.16. The van der Waals surface area contributed by atoms with Gasteiger partial charge < -0.3 is 15.0 Å². The van der Waals surface area contributed by atoms with Gasteiger partial charge in [-0.2, -0.15) is 0 Å². The second-order valence-corrected chi connectivity index (χ2v) is 5.47. The number of hydrogen-bond donors (Lipinski definition) is 1. The first-order valence-electron chi connectivity index (χ1n) is 7.16. The molecule has 0 radical (unpaired) electrons. The van der Waals surface area contributed by atoms with Gasteiger partial charge in [0.1, 0.15) is 17.3 Å². The zero-order chi connectivity index (χ0) is 16.7. The molecule has 1 amide bonds. The molecule has 1 aromatic heterocycles. The second-order valence-electron chi connectivity index (χ2n) is 5.47. The maximum Gasteiger partial charge on any atom is 0.265 e. The number of primary amides is 1. The topological polar surface area (TPSA) is 57.2 Å². The Morgan fingerprint density at radius 3 is 2.43 bits per heavy atom. The molecular formula is C18H17FN2O2. The van der Waals surface area contributed by atoms with E-state index in [4.69, 9.17) is 10.5 Å². The number of aryl methyl sites for hydroxylation is 2. The molecule has 0 bridgehead atoms. The van der Waals surface area contributed by atoms with E-state index in [-0.39, 0.29) is 5.82 Å². The van der Waals surface area contributed by atoms with E-state index >= 15 is 0 Å². The number of hydrogen-bond acceptors (Lipinski definition) is 2. The van der Waals surface area contributed by atoms with E-state index in [9.17, 15) is 9.18 Å². The van der Waals surface area contributed by atoms with Gasteiger partial charge in [0.2, 0.25) is 0 Å². The van der Waals surface area contributed by atoms with Crippen molar-refractivity contribution in [1.29, 1.82) is 0 Å². The number of aromatic nitrogens is 1. The summed E-state index contributed by atoms with van der Waals surface area (Å²) in [4.78, 5) is 11.7. The maximum absolute atomic E-state index is 14.1. The molecule has 3 aromatic rings. The highest BCUT2D eigenvalue weighted by molar-refractivity contribution is 6.05. The number of nitrogens with zero attached hydrogens (tertiary/aromatic N) is 1. The molecule has 0 unspecified atom stereocenters. The predicted molar refractivity (Wildman–Crippen MR) is 88.1 cm³/mol. The standard InChI is InChI=1S/C18H17FN2O2/c1-10-14-8-12(19)9-15(11-4-6-13(23-3)7-5-11)17(14)21(2)16(10)18(20)22/h4-9H,1-3H3,(H2,20,22). The van der Waals surface area contributed by atoms with Crippen LogP contribution < -0.4 is 10.5 Å². The van der Waals surface area contributed by atoms with Crippen molar-refractivity contribution in [3.8, 4) is 16.9 Å². The van der Waals surface area contributed by atoms with E-state index in [0.717, 1.165) is 16.8 Å². The quantitative estimate of drug-likeness (QED) is 0.806. The highest BCUT2D eigenvalue weighted by Crippen LogP contribution is 2.35. The number of ether oxygens (including phenoxy) is 1. The van der Waals surface area contributed by atoms with Gasteiger partial charge in [0.25, 0.3) is 5.91 Å². The number of amides is 1. The Hall–Kier alpha value is -2.82. The number of rotatable bonds is 3. The zero-order valence-corrected chi connectivity index (χ0v) is 13.2. The molecule has 23 heavy (non-hydrogen) atoms. The van der Waals surface area contributed by atoms with Gasteiger partial charge in [-0.05, 0) is 42.3 Å². The van der Waals surface area contributed by atoms with Gasteiger partial charge in [-0.1, -0.05) is 12.1 Å². The van der Waals surface area contributed by atoms with E-state index < -0.39 is 5.91 Å². The molecule has 0 aliphatic rings. The van der Waals surface area contributed by atoms with E-state index in [0.29, 0.717) is 22.2 Å². The molecule has 0 saturated heterocycles. The molecule has 0 atom stereocenters. The number of fused-ring (bicyclic) bond motifs is 1. The van der Waals surface area contributed by atoms with Crippen LogP contribution in [0.15, 0.2) is 36.4 Å². The number of benzene rings is 2. The average molecular weight is 312 g/mol. The molecular weight excluding hydrogens is 295 g/mol. The smallest absolute Gasteiger partial charge is 0.265 e. The van der Waals surface area contributed by atoms with Crippen LogP contribution in [0, 0.1) is 12.7 Å². The summed E-state index contributed by atoms with van der Waals surface area (Å²) in [6.45, 7) is 1.78. The number of carbonyl (C=O) groups is 1. The van der Waals surface area contributed by atoms with Gasteiger partial charge >= 0.3 is 0 Å². The number of halogens is 1. The molecule has 0 aliphatic heterocycles. The van der Waals surface area contributed by atoms with Crippen LogP contribution in [-0.4, -0.2) is 17.6 Å². The molecule has 0 fully saturated rings. The van der Waals surface area contributed by atoms with Crippen LogP contribution in [0.1, 0.15) is 16.1 Å². The summed E-state index contributed by atoms with van der Waals surface area (Å²) < 4.78 is 21.0. The molecule has 4 nitrogen and oxygen atoms in total. The molecule has 2 aromatic carbocycles. The first-order chi connectivity index (χ1) is 10.9. The lowest BCUT2D eigenvalue weighted by Gasteiger charge is -2.09. The minimum absolute atomic E-state index is 0.354. The van der Waals surface area contributed by atoms with Gasteiger partial charge in [-0.15, -0.1) is 0 Å². The van der Waals surface area contributed by atoms with Gasteiger partial charge in [-0.3, -0.25) is 4.79 Å². The summed E-state index contributed by atoms with van der Waals surface area (Å²) >= 11 is 0. The summed E-state index contributed by atoms with van der Waals surface area (Å²) in [5, 5.41) is 0.687. The first kappa shape index (κ1) is 15.1. The fourth-order valence-electron chi connectivity index (χ4n) is 3.08. The van der Waals surface area contributed by atoms with Gasteiger partial charge in [0.05, 0.1) is 12.6 Å². The van der Waals surface area contributed by atoms with Crippen molar-refractivity contribution in [3.63, 3.8) is 0 Å². The van der Waals surface area contributed by atoms with Crippen LogP contribution in [-0.2, 0) is 7.05 Å². The van der Waals surface area contributed by atoms with Crippen LogP contribution in [0.25, 0.3) is 22.0 Å². The van der Waals surface area contributed by atoms with Gasteiger partial charge in [-0.25, -0.2) is 4.39 Å². The molecule has 3 rings (SSSR count). The minimum atomic E-state index is -0.526. The number of nitrogens with two attached hydrogens (primary N) is 1. The SMILES string of the molecule is COc1ccc(-c2cc(F)cc3c(C)c(C(N)=O)n(C)c23)cc1. The maximum atomic E-state index is 14.1. The van der Waals surface area contributed by atoms with Crippen molar-refractivity contribution in [2.75, 3.05) is 7.11 Å². The third-order valence-corrected chi connectivity index (χ3v) is 4.14. The number of carbonyl (C=O) groups excluding carboxylic acids is 1. The Labute approximate surface area is 133 Å². The lowest BCUT2D eigenvalue weighted by molar-refractivity contribution is 0.0992. The third kappa shape index (κ3) is 2.34. The monoisotopic (exact) mass is 312 g/mol. The van der Waals surface area contributed by atoms with Crippen molar-refractivity contribution >= 4 is 16.8 Å². The molecule has 5 heteroatoms. The Bertz CT molecular complexity index is 911. The predicted octanol–water partition coefficient (Wildman–Crippen LogP) is 3.40. The van der Waals surface area contributed by atoms with E-state index in [2.05, 4.69) is 0 Å². The third-order valence-electron chi connectivity index (χ3n) is 4.14. The number of methoxy groups -OCH3 is 1. The highest BCUT2D eigenvalue weighted by atomic mass is 19.1.